The van der Waals surface area contributed by atoms with Gasteiger partial charge in [-0.1, -0.05) is 51.4 Å². The summed E-state index contributed by atoms with van der Waals surface area (Å²) in [6.45, 7) is 6.35. The highest BCUT2D eigenvalue weighted by atomic mass is 16.7. The Balaban J connectivity index is 1.46. The van der Waals surface area contributed by atoms with Gasteiger partial charge in [0.1, 0.15) is 37.6 Å². The van der Waals surface area contributed by atoms with Gasteiger partial charge in [-0.05, 0) is 37.1 Å². The Morgan fingerprint density at radius 3 is 1.16 bits per heavy atom. The number of hydrogen-bond acceptors (Lipinski definition) is 12. The summed E-state index contributed by atoms with van der Waals surface area (Å²) in [6, 6.07) is 0. The van der Waals surface area contributed by atoms with Crippen LogP contribution in [0.2, 0.25) is 0 Å². The lowest BCUT2D eigenvalue weighted by molar-refractivity contribution is -0.197. The summed E-state index contributed by atoms with van der Waals surface area (Å²) in [5, 5.41) is 0. The van der Waals surface area contributed by atoms with E-state index >= 15 is 0 Å². The highest BCUT2D eigenvalue weighted by molar-refractivity contribution is 5.67. The zero-order chi connectivity index (χ0) is 32.2. The Hall–Kier alpha value is -2.80. The Kier molecular flexibility index (Phi) is 18.5. The number of ether oxygens (including phenoxy) is 8. The van der Waals surface area contributed by atoms with Crippen LogP contribution in [0.4, 0.5) is 0 Å². The summed E-state index contributed by atoms with van der Waals surface area (Å²) in [6.07, 6.45) is 14.3. The predicted molar refractivity (Wildman–Crippen MR) is 158 cm³/mol. The summed E-state index contributed by atoms with van der Waals surface area (Å²) in [7, 11) is 0. The Labute approximate surface area is 260 Å². The second kappa shape index (κ2) is 21.8. The molecule has 2 aliphatic rings. The minimum absolute atomic E-state index is 0.0144. The van der Waals surface area contributed by atoms with Crippen molar-refractivity contribution in [1.82, 2.24) is 0 Å². The molecular formula is C32H50O12. The van der Waals surface area contributed by atoms with Gasteiger partial charge in [0.2, 0.25) is 0 Å². The molecule has 2 rings (SSSR count). The molecule has 0 spiro atoms. The van der Waals surface area contributed by atoms with E-state index in [1.54, 1.807) is 24.3 Å². The van der Waals surface area contributed by atoms with Gasteiger partial charge in [-0.2, -0.15) is 0 Å². The maximum Gasteiger partial charge on any atom is 0.303 e. The third-order valence-corrected chi connectivity index (χ3v) is 6.88. The average Bonchev–Trinajstić information content (AvgIpc) is 2.96. The number of carbonyl (C=O) groups is 4. The summed E-state index contributed by atoms with van der Waals surface area (Å²) in [4.78, 5) is 45.0. The molecule has 0 N–H and O–H groups in total. The maximum atomic E-state index is 11.3. The van der Waals surface area contributed by atoms with Crippen LogP contribution < -0.4 is 0 Å². The van der Waals surface area contributed by atoms with Crippen molar-refractivity contribution in [3.63, 3.8) is 0 Å². The van der Waals surface area contributed by atoms with Crippen LogP contribution in [-0.4, -0.2) is 87.3 Å². The third-order valence-electron chi connectivity index (χ3n) is 6.88. The van der Waals surface area contributed by atoms with Gasteiger partial charge < -0.3 is 37.9 Å². The molecule has 0 amide bonds. The van der Waals surface area contributed by atoms with E-state index in [4.69, 9.17) is 37.9 Å². The summed E-state index contributed by atoms with van der Waals surface area (Å²) in [5.74, 6) is -1.72. The summed E-state index contributed by atoms with van der Waals surface area (Å²) in [5.41, 5.74) is 0. The molecule has 44 heavy (non-hydrogen) atoms. The van der Waals surface area contributed by atoms with Crippen molar-refractivity contribution in [2.24, 2.45) is 0 Å². The van der Waals surface area contributed by atoms with Crippen molar-refractivity contribution >= 4 is 23.9 Å². The second-order valence-electron chi connectivity index (χ2n) is 10.9. The Morgan fingerprint density at radius 2 is 0.841 bits per heavy atom. The quantitative estimate of drug-likeness (QED) is 0.0768. The molecule has 0 aromatic heterocycles. The molecule has 0 bridgehead atoms. The van der Waals surface area contributed by atoms with Crippen LogP contribution >= 0.6 is 0 Å². The van der Waals surface area contributed by atoms with Crippen molar-refractivity contribution in [1.29, 1.82) is 0 Å². The molecule has 0 saturated heterocycles. The molecule has 0 saturated carbocycles. The van der Waals surface area contributed by atoms with E-state index in [0.717, 1.165) is 38.5 Å². The maximum absolute atomic E-state index is 11.3. The summed E-state index contributed by atoms with van der Waals surface area (Å²) >= 11 is 0. The van der Waals surface area contributed by atoms with E-state index < -0.39 is 60.9 Å². The van der Waals surface area contributed by atoms with E-state index in [1.165, 1.54) is 53.4 Å². The van der Waals surface area contributed by atoms with E-state index in [0.29, 0.717) is 13.2 Å². The minimum atomic E-state index is -0.618. The SMILES string of the molecule is CC(=O)OC[C@H]1O[C@H](OCCCCCCCCCCCCO[C@@H]2C=C[C@H](OC(C)=O)[C@@H](COC(C)=O)O2)C=C[C@@H]1OC(C)=O. The van der Waals surface area contributed by atoms with Gasteiger partial charge in [0.15, 0.2) is 12.6 Å². The first kappa shape index (κ1) is 37.4. The molecule has 0 fully saturated rings. The molecule has 250 valence electrons. The van der Waals surface area contributed by atoms with Gasteiger partial charge in [0.25, 0.3) is 0 Å². The number of rotatable bonds is 21. The lowest BCUT2D eigenvalue weighted by atomic mass is 10.1. The van der Waals surface area contributed by atoms with Crippen LogP contribution in [0.3, 0.4) is 0 Å². The molecule has 12 heteroatoms. The predicted octanol–water partition coefficient (Wildman–Crippen LogP) is 4.47. The topological polar surface area (TPSA) is 142 Å². The van der Waals surface area contributed by atoms with Crippen molar-refractivity contribution < 1.29 is 57.1 Å². The molecule has 2 heterocycles. The molecule has 2 aliphatic heterocycles. The highest BCUT2D eigenvalue weighted by Gasteiger charge is 2.32. The van der Waals surface area contributed by atoms with E-state index in [2.05, 4.69) is 0 Å². The first-order chi connectivity index (χ1) is 21.1. The molecule has 0 unspecified atom stereocenters. The van der Waals surface area contributed by atoms with Crippen LogP contribution in [0.25, 0.3) is 0 Å². The lowest BCUT2D eigenvalue weighted by Gasteiger charge is -2.31. The van der Waals surface area contributed by atoms with Crippen LogP contribution in [0.5, 0.6) is 0 Å². The van der Waals surface area contributed by atoms with Gasteiger partial charge in [-0.15, -0.1) is 0 Å². The highest BCUT2D eigenvalue weighted by Crippen LogP contribution is 2.20. The number of hydrogen-bond donors (Lipinski definition) is 0. The Bertz CT molecular complexity index is 858. The fraction of sp³-hybridized carbons (Fsp3) is 0.750. The molecule has 0 aromatic rings. The molecular weight excluding hydrogens is 576 g/mol. The van der Waals surface area contributed by atoms with Crippen molar-refractivity contribution in [2.75, 3.05) is 26.4 Å². The molecule has 0 radical (unpaired) electrons. The van der Waals surface area contributed by atoms with E-state index in [-0.39, 0.29) is 13.2 Å². The van der Waals surface area contributed by atoms with Gasteiger partial charge in [0.05, 0.1) is 13.2 Å². The zero-order valence-corrected chi connectivity index (χ0v) is 26.6. The fourth-order valence-corrected chi connectivity index (χ4v) is 4.73. The average molecular weight is 627 g/mol. The fourth-order valence-electron chi connectivity index (χ4n) is 4.73. The van der Waals surface area contributed by atoms with Crippen molar-refractivity contribution in [2.45, 2.75) is 129 Å². The van der Waals surface area contributed by atoms with E-state index in [1.807, 2.05) is 0 Å². The van der Waals surface area contributed by atoms with Crippen LogP contribution in [0, 0.1) is 0 Å². The van der Waals surface area contributed by atoms with Gasteiger partial charge in [-0.25, -0.2) is 0 Å². The van der Waals surface area contributed by atoms with Crippen molar-refractivity contribution in [3.05, 3.63) is 24.3 Å². The van der Waals surface area contributed by atoms with Crippen molar-refractivity contribution in [3.8, 4) is 0 Å². The standard InChI is InChI=1S/C32H50O12/c1-23(33)39-21-29-27(41-25(3)35)15-17-31(43-29)37-19-13-11-9-7-5-6-8-10-12-14-20-38-32-18-16-28(42-26(4)36)30(44-32)22-40-24(2)34/h15-18,27-32H,5-14,19-22H2,1-4H3/t27-,28-,29+,30+,31-,32-/m0/s1. The smallest absolute Gasteiger partial charge is 0.303 e. The first-order valence-electron chi connectivity index (χ1n) is 15.7. The molecule has 6 atom stereocenters. The zero-order valence-electron chi connectivity index (χ0n) is 26.6. The monoisotopic (exact) mass is 626 g/mol. The molecule has 12 nitrogen and oxygen atoms in total. The minimum Gasteiger partial charge on any atom is -0.463 e. The lowest BCUT2D eigenvalue weighted by Crippen LogP contribution is -2.42. The second-order valence-corrected chi connectivity index (χ2v) is 10.9. The molecule has 0 aliphatic carbocycles. The largest absolute Gasteiger partial charge is 0.463 e. The Morgan fingerprint density at radius 1 is 0.500 bits per heavy atom. The van der Waals surface area contributed by atoms with Crippen LogP contribution in [-0.2, 0) is 57.1 Å². The van der Waals surface area contributed by atoms with Gasteiger partial charge >= 0.3 is 23.9 Å². The van der Waals surface area contributed by atoms with Crippen LogP contribution in [0.1, 0.15) is 91.9 Å². The van der Waals surface area contributed by atoms with Gasteiger partial charge in [-0.3, -0.25) is 19.2 Å². The third kappa shape index (κ3) is 16.9. The van der Waals surface area contributed by atoms with Gasteiger partial charge in [0, 0.05) is 27.7 Å². The molecule has 0 aromatic carbocycles. The number of esters is 4. The van der Waals surface area contributed by atoms with E-state index in [9.17, 15) is 19.2 Å². The number of carbonyl (C=O) groups excluding carboxylic acids is 4. The normalized spacial score (nSPS) is 24.5. The first-order valence-corrected chi connectivity index (χ1v) is 15.7. The summed E-state index contributed by atoms with van der Waals surface area (Å²) < 4.78 is 43.7. The number of unbranched alkanes of at least 4 members (excludes halogenated alkanes) is 9. The van der Waals surface area contributed by atoms with Crippen LogP contribution in [0.15, 0.2) is 24.3 Å².